The number of hydrogen-bond acceptors (Lipinski definition) is 2. The zero-order valence-corrected chi connectivity index (χ0v) is 17.0. The van der Waals surface area contributed by atoms with Crippen LogP contribution in [0, 0.1) is 25.2 Å². The molecule has 5 heteroatoms. The van der Waals surface area contributed by atoms with Crippen LogP contribution < -0.4 is 5.32 Å². The smallest absolute Gasteiger partial charge is 0.255 e. The third-order valence-electron chi connectivity index (χ3n) is 4.63. The number of anilines is 1. The van der Waals surface area contributed by atoms with Crippen molar-refractivity contribution in [1.82, 2.24) is 0 Å². The van der Waals surface area contributed by atoms with Gasteiger partial charge < -0.3 is 5.32 Å². The summed E-state index contributed by atoms with van der Waals surface area (Å²) in [5, 5.41) is 13.6. The molecule has 3 rings (SSSR count). The summed E-state index contributed by atoms with van der Waals surface area (Å²) in [4.78, 5) is 12.6. The molecule has 0 heterocycles. The van der Waals surface area contributed by atoms with Crippen LogP contribution >= 0.6 is 23.2 Å². The highest BCUT2D eigenvalue weighted by molar-refractivity contribution is 6.32. The first-order chi connectivity index (χ1) is 13.4. The largest absolute Gasteiger partial charge is 0.322 e. The van der Waals surface area contributed by atoms with E-state index in [0.29, 0.717) is 26.9 Å². The van der Waals surface area contributed by atoms with Crippen molar-refractivity contribution in [3.63, 3.8) is 0 Å². The van der Waals surface area contributed by atoms with Crippen molar-refractivity contribution in [2.75, 3.05) is 5.32 Å². The van der Waals surface area contributed by atoms with Crippen molar-refractivity contribution in [1.29, 1.82) is 5.26 Å². The fourth-order valence-corrected chi connectivity index (χ4v) is 3.45. The van der Waals surface area contributed by atoms with E-state index in [1.54, 1.807) is 24.3 Å². The van der Waals surface area contributed by atoms with Crippen LogP contribution in [0.25, 0.3) is 0 Å². The number of amides is 1. The van der Waals surface area contributed by atoms with Gasteiger partial charge in [-0.25, -0.2) is 0 Å². The lowest BCUT2D eigenvalue weighted by molar-refractivity contribution is 0.102. The maximum Gasteiger partial charge on any atom is 0.255 e. The van der Waals surface area contributed by atoms with E-state index in [1.165, 1.54) is 0 Å². The molecule has 1 atom stereocenters. The molecule has 0 bridgehead atoms. The Bertz CT molecular complexity index is 1070. The number of benzene rings is 3. The second-order valence-electron chi connectivity index (χ2n) is 6.57. The monoisotopic (exact) mass is 408 g/mol. The van der Waals surface area contributed by atoms with Crippen LogP contribution in [0.5, 0.6) is 0 Å². The van der Waals surface area contributed by atoms with E-state index in [-0.39, 0.29) is 5.91 Å². The van der Waals surface area contributed by atoms with E-state index in [1.807, 2.05) is 50.2 Å². The van der Waals surface area contributed by atoms with Crippen LogP contribution in [0.1, 0.15) is 38.5 Å². The molecular weight excluding hydrogens is 391 g/mol. The predicted octanol–water partition coefficient (Wildman–Crippen LogP) is 6.52. The fraction of sp³-hybridized carbons (Fsp3) is 0.130. The lowest BCUT2D eigenvalue weighted by atomic mass is 9.91. The molecule has 0 unspecified atom stereocenters. The highest BCUT2D eigenvalue weighted by Crippen LogP contribution is 2.34. The maximum absolute atomic E-state index is 12.6. The molecule has 0 radical (unpaired) electrons. The summed E-state index contributed by atoms with van der Waals surface area (Å²) in [6, 6.07) is 20.4. The second-order valence-corrected chi connectivity index (χ2v) is 7.41. The molecule has 1 N–H and O–H groups in total. The Morgan fingerprint density at radius 3 is 2.32 bits per heavy atom. The molecule has 0 aliphatic rings. The van der Waals surface area contributed by atoms with Gasteiger partial charge in [0.2, 0.25) is 0 Å². The topological polar surface area (TPSA) is 52.9 Å². The van der Waals surface area contributed by atoms with Gasteiger partial charge in [-0.2, -0.15) is 5.26 Å². The Labute approximate surface area is 174 Å². The molecular formula is C23H18Cl2N2O. The number of rotatable bonds is 4. The lowest BCUT2D eigenvalue weighted by Crippen LogP contribution is -2.14. The van der Waals surface area contributed by atoms with Crippen LogP contribution in [-0.2, 0) is 0 Å². The third kappa shape index (κ3) is 4.20. The van der Waals surface area contributed by atoms with Gasteiger partial charge in [0.25, 0.3) is 5.91 Å². The molecule has 3 nitrogen and oxygen atoms in total. The molecule has 0 saturated heterocycles. The van der Waals surface area contributed by atoms with Crippen LogP contribution in [-0.4, -0.2) is 5.91 Å². The summed E-state index contributed by atoms with van der Waals surface area (Å²) in [5.74, 6) is -0.718. The molecule has 0 fully saturated rings. The van der Waals surface area contributed by atoms with Crippen LogP contribution in [0.15, 0.2) is 60.7 Å². The van der Waals surface area contributed by atoms with Crippen LogP contribution in [0.3, 0.4) is 0 Å². The molecule has 28 heavy (non-hydrogen) atoms. The van der Waals surface area contributed by atoms with Crippen molar-refractivity contribution in [2.24, 2.45) is 0 Å². The van der Waals surface area contributed by atoms with Crippen molar-refractivity contribution in [3.8, 4) is 6.07 Å². The molecule has 140 valence electrons. The lowest BCUT2D eigenvalue weighted by Gasteiger charge is -2.16. The Morgan fingerprint density at radius 2 is 1.68 bits per heavy atom. The summed E-state index contributed by atoms with van der Waals surface area (Å²) in [7, 11) is 0. The Hall–Kier alpha value is -2.80. The minimum absolute atomic E-state index is 0.195. The van der Waals surface area contributed by atoms with E-state index in [0.717, 1.165) is 16.7 Å². The Kier molecular flexibility index (Phi) is 6.04. The van der Waals surface area contributed by atoms with Crippen LogP contribution in [0.2, 0.25) is 10.0 Å². The zero-order valence-electron chi connectivity index (χ0n) is 15.5. The third-order valence-corrected chi connectivity index (χ3v) is 5.20. The predicted molar refractivity (Wildman–Crippen MR) is 114 cm³/mol. The summed E-state index contributed by atoms with van der Waals surface area (Å²) < 4.78 is 0. The van der Waals surface area contributed by atoms with Crippen molar-refractivity contribution in [2.45, 2.75) is 19.8 Å². The van der Waals surface area contributed by atoms with E-state index < -0.39 is 5.92 Å². The van der Waals surface area contributed by atoms with Gasteiger partial charge in [0, 0.05) is 21.3 Å². The Balaban J connectivity index is 1.92. The van der Waals surface area contributed by atoms with Gasteiger partial charge in [-0.3, -0.25) is 4.79 Å². The molecule has 3 aromatic carbocycles. The number of carbonyl (C=O) groups is 1. The SMILES string of the molecule is Cc1cc([C@H](C#N)c2ccc(Cl)cc2)c(Cl)cc1NC(=O)c1ccccc1C. The summed E-state index contributed by atoms with van der Waals surface area (Å²) in [6.45, 7) is 3.77. The van der Waals surface area contributed by atoms with Gasteiger partial charge >= 0.3 is 0 Å². The molecule has 0 aliphatic heterocycles. The maximum atomic E-state index is 12.6. The van der Waals surface area contributed by atoms with E-state index in [9.17, 15) is 10.1 Å². The molecule has 0 aromatic heterocycles. The average molecular weight is 409 g/mol. The fourth-order valence-electron chi connectivity index (χ4n) is 3.06. The quantitative estimate of drug-likeness (QED) is 0.534. The first kappa shape index (κ1) is 19.9. The van der Waals surface area contributed by atoms with E-state index in [2.05, 4.69) is 11.4 Å². The number of carbonyl (C=O) groups excluding carboxylic acids is 1. The molecule has 1 amide bonds. The van der Waals surface area contributed by atoms with Gasteiger partial charge in [-0.05, 0) is 60.4 Å². The highest BCUT2D eigenvalue weighted by Gasteiger charge is 2.19. The van der Waals surface area contributed by atoms with Gasteiger partial charge in [-0.1, -0.05) is 59.6 Å². The normalized spacial score (nSPS) is 11.5. The zero-order chi connectivity index (χ0) is 20.3. The molecule has 0 aliphatic carbocycles. The second kappa shape index (κ2) is 8.48. The van der Waals surface area contributed by atoms with E-state index in [4.69, 9.17) is 23.2 Å². The summed E-state index contributed by atoms with van der Waals surface area (Å²) in [5.41, 5.74) is 4.46. The number of nitriles is 1. The minimum atomic E-state index is -0.524. The highest BCUT2D eigenvalue weighted by atomic mass is 35.5. The molecule has 3 aromatic rings. The number of nitrogens with zero attached hydrogens (tertiary/aromatic N) is 1. The Morgan fingerprint density at radius 1 is 1.00 bits per heavy atom. The summed E-state index contributed by atoms with van der Waals surface area (Å²) >= 11 is 12.4. The first-order valence-electron chi connectivity index (χ1n) is 8.73. The van der Waals surface area contributed by atoms with Crippen molar-refractivity contribution in [3.05, 3.63) is 98.5 Å². The van der Waals surface area contributed by atoms with Gasteiger partial charge in [0.05, 0.1) is 12.0 Å². The number of halogens is 2. The summed E-state index contributed by atoms with van der Waals surface area (Å²) in [6.07, 6.45) is 0. The minimum Gasteiger partial charge on any atom is -0.322 e. The van der Waals surface area contributed by atoms with Crippen LogP contribution in [0.4, 0.5) is 5.69 Å². The van der Waals surface area contributed by atoms with Gasteiger partial charge in [0.1, 0.15) is 0 Å². The standard InChI is InChI=1S/C23H18Cl2N2O/c1-14-5-3-4-6-18(14)23(28)27-22-12-21(25)19(11-15(22)2)20(13-26)16-7-9-17(24)10-8-16/h3-12,20H,1-2H3,(H,27,28)/t20-/m1/s1. The molecule has 0 saturated carbocycles. The number of aryl methyl sites for hydroxylation is 2. The average Bonchev–Trinajstić information content (AvgIpc) is 2.67. The van der Waals surface area contributed by atoms with Crippen molar-refractivity contribution >= 4 is 34.8 Å². The number of hydrogen-bond donors (Lipinski definition) is 1. The van der Waals surface area contributed by atoms with Crippen molar-refractivity contribution < 1.29 is 4.79 Å². The number of nitrogens with one attached hydrogen (secondary N) is 1. The van der Waals surface area contributed by atoms with Gasteiger partial charge in [-0.15, -0.1) is 0 Å². The van der Waals surface area contributed by atoms with E-state index >= 15 is 0 Å². The first-order valence-corrected chi connectivity index (χ1v) is 9.48. The van der Waals surface area contributed by atoms with Gasteiger partial charge in [0.15, 0.2) is 0 Å². The molecule has 0 spiro atoms.